The fourth-order valence-corrected chi connectivity index (χ4v) is 2.85. The van der Waals surface area contributed by atoms with Crippen LogP contribution in [0.25, 0.3) is 0 Å². The Morgan fingerprint density at radius 1 is 1.25 bits per heavy atom. The van der Waals surface area contributed by atoms with E-state index in [9.17, 15) is 4.79 Å². The predicted octanol–water partition coefficient (Wildman–Crippen LogP) is 2.18. The molecular weight excluding hydrogens is 306 g/mol. The summed E-state index contributed by atoms with van der Waals surface area (Å²) in [7, 11) is 0. The topological polar surface area (TPSA) is 87.2 Å². The second-order valence-corrected chi connectivity index (χ2v) is 6.08. The maximum absolute atomic E-state index is 10.5. The number of carboxylic acid groups (broad SMARTS) is 1. The number of H-pyrrole nitrogens is 1. The van der Waals surface area contributed by atoms with Crippen LogP contribution in [-0.4, -0.2) is 27.7 Å². The summed E-state index contributed by atoms with van der Waals surface area (Å²) in [5.41, 5.74) is 4.61. The second-order valence-electron chi connectivity index (χ2n) is 6.08. The van der Waals surface area contributed by atoms with E-state index >= 15 is 0 Å². The van der Waals surface area contributed by atoms with Crippen LogP contribution in [0.5, 0.6) is 0 Å². The first-order chi connectivity index (χ1) is 11.7. The lowest BCUT2D eigenvalue weighted by Gasteiger charge is -2.09. The van der Waals surface area contributed by atoms with Crippen LogP contribution >= 0.6 is 0 Å². The number of hydrogen-bond acceptors (Lipinski definition) is 4. The van der Waals surface area contributed by atoms with Gasteiger partial charge in [0, 0.05) is 19.4 Å². The number of aliphatic carboxylic acids is 1. The molecule has 1 aromatic heterocycles. The molecule has 0 atom stereocenters. The summed E-state index contributed by atoms with van der Waals surface area (Å²) >= 11 is 0. The zero-order valence-electron chi connectivity index (χ0n) is 13.7. The van der Waals surface area contributed by atoms with Crippen molar-refractivity contribution in [1.82, 2.24) is 15.3 Å². The summed E-state index contributed by atoms with van der Waals surface area (Å²) in [6, 6.07) is 8.32. The van der Waals surface area contributed by atoms with Crippen LogP contribution < -0.4 is 5.32 Å². The molecule has 0 bridgehead atoms. The quantitative estimate of drug-likeness (QED) is 0.691. The number of hydrogen-bond donors (Lipinski definition) is 3. The Bertz CT molecular complexity index is 656. The van der Waals surface area contributed by atoms with Gasteiger partial charge in [-0.3, -0.25) is 4.79 Å². The van der Waals surface area contributed by atoms with Gasteiger partial charge in [0.1, 0.15) is 5.82 Å². The fourth-order valence-electron chi connectivity index (χ4n) is 2.85. The van der Waals surface area contributed by atoms with Crippen LogP contribution in [0.15, 0.2) is 24.3 Å². The van der Waals surface area contributed by atoms with Crippen LogP contribution in [0.1, 0.15) is 41.2 Å². The Labute approximate surface area is 141 Å². The summed E-state index contributed by atoms with van der Waals surface area (Å²) in [5.74, 6) is 0.220. The minimum Gasteiger partial charge on any atom is -0.481 e. The van der Waals surface area contributed by atoms with Crippen molar-refractivity contribution in [3.05, 3.63) is 52.6 Å². The Hall–Kier alpha value is -2.18. The standard InChI is InChI=1S/C18H23N3O3/c22-18(23)3-1-2-13-4-6-14(7-5-13)10-19-11-17-20-15-8-9-24-12-16(15)21-17/h4-7,19H,1-3,8-12H2,(H,20,21)(H,22,23). The number of aryl methyl sites for hydroxylation is 1. The molecule has 0 amide bonds. The predicted molar refractivity (Wildman–Crippen MR) is 89.5 cm³/mol. The number of benzene rings is 1. The minimum absolute atomic E-state index is 0.224. The first-order valence-corrected chi connectivity index (χ1v) is 8.35. The fraction of sp³-hybridized carbons (Fsp3) is 0.444. The molecule has 0 spiro atoms. The number of carboxylic acids is 1. The molecule has 0 aliphatic carbocycles. The van der Waals surface area contributed by atoms with Gasteiger partial charge in [-0.2, -0.15) is 0 Å². The van der Waals surface area contributed by atoms with Crippen LogP contribution in [0, 0.1) is 0 Å². The van der Waals surface area contributed by atoms with Crippen molar-refractivity contribution in [3.63, 3.8) is 0 Å². The average Bonchev–Trinajstić information content (AvgIpc) is 2.99. The number of carbonyl (C=O) groups is 1. The molecule has 2 heterocycles. The van der Waals surface area contributed by atoms with Crippen LogP contribution in [0.3, 0.4) is 0 Å². The highest BCUT2D eigenvalue weighted by Crippen LogP contribution is 2.14. The van der Waals surface area contributed by atoms with Gasteiger partial charge >= 0.3 is 5.97 Å². The van der Waals surface area contributed by atoms with Gasteiger partial charge in [0.05, 0.1) is 31.1 Å². The highest BCUT2D eigenvalue weighted by molar-refractivity contribution is 5.66. The zero-order chi connectivity index (χ0) is 16.8. The lowest BCUT2D eigenvalue weighted by Crippen LogP contribution is -2.13. The second kappa shape index (κ2) is 8.08. The number of imidazole rings is 1. The molecule has 128 valence electrons. The van der Waals surface area contributed by atoms with E-state index in [2.05, 4.69) is 39.6 Å². The minimum atomic E-state index is -0.734. The average molecular weight is 329 g/mol. The molecular formula is C18H23N3O3. The van der Waals surface area contributed by atoms with E-state index in [0.717, 1.165) is 43.2 Å². The molecule has 0 radical (unpaired) electrons. The number of fused-ring (bicyclic) bond motifs is 1. The van der Waals surface area contributed by atoms with Gasteiger partial charge in [0.15, 0.2) is 0 Å². The molecule has 2 aromatic rings. The number of nitrogens with zero attached hydrogens (tertiary/aromatic N) is 1. The summed E-state index contributed by atoms with van der Waals surface area (Å²) < 4.78 is 5.41. The Kier molecular flexibility index (Phi) is 5.61. The van der Waals surface area contributed by atoms with Crippen LogP contribution in [0.4, 0.5) is 0 Å². The van der Waals surface area contributed by atoms with Crippen LogP contribution in [-0.2, 0) is 42.1 Å². The lowest BCUT2D eigenvalue weighted by atomic mass is 10.1. The molecule has 3 rings (SSSR count). The number of rotatable bonds is 8. The Morgan fingerprint density at radius 2 is 2.04 bits per heavy atom. The van der Waals surface area contributed by atoms with Crippen molar-refractivity contribution >= 4 is 5.97 Å². The molecule has 6 heteroatoms. The summed E-state index contributed by atoms with van der Waals surface area (Å²) in [5, 5.41) is 12.0. The highest BCUT2D eigenvalue weighted by Gasteiger charge is 2.14. The number of nitrogens with one attached hydrogen (secondary N) is 2. The number of aromatic amines is 1. The third kappa shape index (κ3) is 4.66. The molecule has 24 heavy (non-hydrogen) atoms. The van der Waals surface area contributed by atoms with Crippen molar-refractivity contribution in [2.24, 2.45) is 0 Å². The number of aromatic nitrogens is 2. The van der Waals surface area contributed by atoms with Gasteiger partial charge in [-0.05, 0) is 24.0 Å². The Morgan fingerprint density at radius 3 is 2.79 bits per heavy atom. The molecule has 1 aliphatic rings. The first-order valence-electron chi connectivity index (χ1n) is 8.35. The van der Waals surface area contributed by atoms with Crippen LogP contribution in [0.2, 0.25) is 0 Å². The largest absolute Gasteiger partial charge is 0.481 e. The molecule has 1 aliphatic heterocycles. The third-order valence-electron chi connectivity index (χ3n) is 4.14. The van der Waals surface area contributed by atoms with E-state index in [-0.39, 0.29) is 6.42 Å². The molecule has 0 fully saturated rings. The van der Waals surface area contributed by atoms with Gasteiger partial charge in [0.25, 0.3) is 0 Å². The molecule has 0 unspecified atom stereocenters. The van der Waals surface area contributed by atoms with Crippen molar-refractivity contribution in [1.29, 1.82) is 0 Å². The molecule has 0 saturated heterocycles. The summed E-state index contributed by atoms with van der Waals surface area (Å²) in [6.45, 7) is 2.86. The van der Waals surface area contributed by atoms with Gasteiger partial charge in [0.2, 0.25) is 0 Å². The SMILES string of the molecule is O=C(O)CCCc1ccc(CNCc2nc3c([nH]2)COCC3)cc1. The lowest BCUT2D eigenvalue weighted by molar-refractivity contribution is -0.137. The number of ether oxygens (including phenoxy) is 1. The van der Waals surface area contributed by atoms with E-state index in [0.29, 0.717) is 19.6 Å². The molecule has 1 aromatic carbocycles. The van der Waals surface area contributed by atoms with E-state index in [1.807, 2.05) is 0 Å². The maximum atomic E-state index is 10.5. The normalized spacial score (nSPS) is 13.7. The zero-order valence-corrected chi connectivity index (χ0v) is 13.7. The maximum Gasteiger partial charge on any atom is 0.303 e. The highest BCUT2D eigenvalue weighted by atomic mass is 16.5. The van der Waals surface area contributed by atoms with Crippen molar-refractivity contribution in [2.45, 2.75) is 45.4 Å². The van der Waals surface area contributed by atoms with Crippen molar-refractivity contribution in [2.75, 3.05) is 6.61 Å². The van der Waals surface area contributed by atoms with E-state index in [1.54, 1.807) is 0 Å². The molecule has 0 saturated carbocycles. The van der Waals surface area contributed by atoms with Gasteiger partial charge < -0.3 is 20.1 Å². The smallest absolute Gasteiger partial charge is 0.303 e. The molecule has 3 N–H and O–H groups in total. The third-order valence-corrected chi connectivity index (χ3v) is 4.14. The van der Waals surface area contributed by atoms with Gasteiger partial charge in [-0.15, -0.1) is 0 Å². The Balaban J connectivity index is 1.43. The van der Waals surface area contributed by atoms with Crippen molar-refractivity contribution < 1.29 is 14.6 Å². The van der Waals surface area contributed by atoms with E-state index < -0.39 is 5.97 Å². The molecule has 6 nitrogen and oxygen atoms in total. The van der Waals surface area contributed by atoms with E-state index in [1.165, 1.54) is 11.1 Å². The monoisotopic (exact) mass is 329 g/mol. The van der Waals surface area contributed by atoms with Gasteiger partial charge in [-0.1, -0.05) is 24.3 Å². The van der Waals surface area contributed by atoms with Crippen molar-refractivity contribution in [3.8, 4) is 0 Å². The summed E-state index contributed by atoms with van der Waals surface area (Å²) in [6.07, 6.45) is 2.59. The van der Waals surface area contributed by atoms with Gasteiger partial charge in [-0.25, -0.2) is 4.98 Å². The summed E-state index contributed by atoms with van der Waals surface area (Å²) in [4.78, 5) is 18.4. The van der Waals surface area contributed by atoms with E-state index in [4.69, 9.17) is 9.84 Å². The first kappa shape index (κ1) is 16.7.